The second kappa shape index (κ2) is 5.68. The predicted molar refractivity (Wildman–Crippen MR) is 94.4 cm³/mol. The fourth-order valence-electron chi connectivity index (χ4n) is 3.37. The van der Waals surface area contributed by atoms with Gasteiger partial charge in [0.1, 0.15) is 17.6 Å². The molecule has 0 spiro atoms. The Morgan fingerprint density at radius 3 is 2.96 bits per heavy atom. The molecule has 1 unspecified atom stereocenters. The van der Waals surface area contributed by atoms with Crippen molar-refractivity contribution in [1.29, 1.82) is 0 Å². The normalized spacial score (nSPS) is 18.2. The molecule has 1 aliphatic rings. The van der Waals surface area contributed by atoms with Gasteiger partial charge in [0, 0.05) is 36.0 Å². The van der Waals surface area contributed by atoms with Crippen molar-refractivity contribution in [3.8, 4) is 0 Å². The number of aromatic nitrogens is 4. The highest BCUT2D eigenvalue weighted by Crippen LogP contribution is 2.33. The zero-order valence-corrected chi connectivity index (χ0v) is 14.6. The van der Waals surface area contributed by atoms with E-state index in [4.69, 9.17) is 4.74 Å². The molecule has 0 saturated carbocycles. The molecule has 7 nitrogen and oxygen atoms in total. The summed E-state index contributed by atoms with van der Waals surface area (Å²) in [5.41, 5.74) is 2.14. The van der Waals surface area contributed by atoms with E-state index in [9.17, 15) is 4.79 Å². The van der Waals surface area contributed by atoms with Crippen molar-refractivity contribution in [3.63, 3.8) is 0 Å². The summed E-state index contributed by atoms with van der Waals surface area (Å²) in [5, 5.41) is 2.04. The fourth-order valence-corrected chi connectivity index (χ4v) is 3.37. The Morgan fingerprint density at radius 2 is 2.16 bits per heavy atom. The lowest BCUT2D eigenvalue weighted by Crippen LogP contribution is -2.35. The van der Waals surface area contributed by atoms with Crippen molar-refractivity contribution in [2.24, 2.45) is 0 Å². The van der Waals surface area contributed by atoms with Gasteiger partial charge in [-0.3, -0.25) is 0 Å². The number of pyridine rings is 1. The highest BCUT2D eigenvalue weighted by atomic mass is 16.6. The maximum Gasteiger partial charge on any atom is 0.410 e. The van der Waals surface area contributed by atoms with Crippen LogP contribution in [0, 0.1) is 0 Å². The van der Waals surface area contributed by atoms with Gasteiger partial charge in [-0.1, -0.05) is 0 Å². The Hall–Kier alpha value is -2.70. The molecule has 1 amide bonds. The van der Waals surface area contributed by atoms with Crippen molar-refractivity contribution < 1.29 is 9.53 Å². The molecule has 0 radical (unpaired) electrons. The summed E-state index contributed by atoms with van der Waals surface area (Å²) >= 11 is 0. The van der Waals surface area contributed by atoms with Crippen molar-refractivity contribution in [1.82, 2.24) is 24.8 Å². The average Bonchev–Trinajstić information content (AvgIpc) is 3.22. The topological polar surface area (TPSA) is 84.0 Å². The zero-order chi connectivity index (χ0) is 17.6. The first-order chi connectivity index (χ1) is 11.9. The number of aromatic amines is 1. The Kier molecular flexibility index (Phi) is 3.59. The van der Waals surface area contributed by atoms with E-state index in [0.29, 0.717) is 13.1 Å². The third kappa shape index (κ3) is 2.90. The molecule has 0 aromatic carbocycles. The number of likely N-dealkylation sites (tertiary alicyclic amines) is 1. The van der Waals surface area contributed by atoms with E-state index in [2.05, 4.69) is 19.9 Å². The van der Waals surface area contributed by atoms with Crippen LogP contribution in [0.4, 0.5) is 4.79 Å². The van der Waals surface area contributed by atoms with E-state index in [-0.39, 0.29) is 12.0 Å². The number of nitrogens with zero attached hydrogens (tertiary/aromatic N) is 4. The molecule has 130 valence electrons. The van der Waals surface area contributed by atoms with Crippen LogP contribution < -0.4 is 0 Å². The largest absolute Gasteiger partial charge is 0.444 e. The van der Waals surface area contributed by atoms with E-state index in [0.717, 1.165) is 34.1 Å². The van der Waals surface area contributed by atoms with Crippen molar-refractivity contribution in [3.05, 3.63) is 30.5 Å². The van der Waals surface area contributed by atoms with Gasteiger partial charge in [0.25, 0.3) is 0 Å². The van der Waals surface area contributed by atoms with Crippen LogP contribution in [0.15, 0.2) is 24.8 Å². The molecule has 3 aromatic heterocycles. The molecule has 7 heteroatoms. The van der Waals surface area contributed by atoms with Gasteiger partial charge in [-0.2, -0.15) is 0 Å². The SMILES string of the molecule is CC(C)(C)OC(=O)N1CCC(c2ncnc3cnc4[nH]ccc4c23)C1. The Labute approximate surface area is 145 Å². The monoisotopic (exact) mass is 339 g/mol. The molecular formula is C18H21N5O2. The van der Waals surface area contributed by atoms with Crippen LogP contribution in [-0.4, -0.2) is 49.6 Å². The summed E-state index contributed by atoms with van der Waals surface area (Å²) in [5.74, 6) is 0.165. The van der Waals surface area contributed by atoms with E-state index in [1.54, 1.807) is 17.4 Å². The number of rotatable bonds is 1. The molecule has 3 aromatic rings. The van der Waals surface area contributed by atoms with Gasteiger partial charge in [-0.25, -0.2) is 19.7 Å². The average molecular weight is 339 g/mol. The second-order valence-corrected chi connectivity index (χ2v) is 7.43. The number of hydrogen-bond donors (Lipinski definition) is 1. The number of hydrogen-bond acceptors (Lipinski definition) is 5. The minimum atomic E-state index is -0.486. The fraction of sp³-hybridized carbons (Fsp3) is 0.444. The number of carbonyl (C=O) groups is 1. The lowest BCUT2D eigenvalue weighted by molar-refractivity contribution is 0.0292. The summed E-state index contributed by atoms with van der Waals surface area (Å²) < 4.78 is 5.49. The first kappa shape index (κ1) is 15.8. The van der Waals surface area contributed by atoms with E-state index >= 15 is 0 Å². The maximum absolute atomic E-state index is 12.3. The number of ether oxygens (including phenoxy) is 1. The van der Waals surface area contributed by atoms with Gasteiger partial charge in [-0.15, -0.1) is 0 Å². The third-order valence-electron chi connectivity index (χ3n) is 4.44. The first-order valence-electron chi connectivity index (χ1n) is 8.47. The van der Waals surface area contributed by atoms with Crippen molar-refractivity contribution in [2.75, 3.05) is 13.1 Å². The minimum absolute atomic E-state index is 0.165. The van der Waals surface area contributed by atoms with Gasteiger partial charge in [0.2, 0.25) is 0 Å². The predicted octanol–water partition coefficient (Wildman–Crippen LogP) is 3.23. The van der Waals surface area contributed by atoms with Gasteiger partial charge in [0.15, 0.2) is 0 Å². The number of amides is 1. The Bertz CT molecular complexity index is 943. The van der Waals surface area contributed by atoms with Crippen molar-refractivity contribution >= 4 is 28.0 Å². The molecule has 1 fully saturated rings. The lowest BCUT2D eigenvalue weighted by Gasteiger charge is -2.24. The van der Waals surface area contributed by atoms with E-state index < -0.39 is 5.60 Å². The van der Waals surface area contributed by atoms with Gasteiger partial charge >= 0.3 is 6.09 Å². The van der Waals surface area contributed by atoms with Crippen LogP contribution in [0.2, 0.25) is 0 Å². The van der Waals surface area contributed by atoms with Gasteiger partial charge in [-0.05, 0) is 33.3 Å². The molecule has 1 N–H and O–H groups in total. The van der Waals surface area contributed by atoms with Crippen LogP contribution in [-0.2, 0) is 4.74 Å². The smallest absolute Gasteiger partial charge is 0.410 e. The zero-order valence-electron chi connectivity index (χ0n) is 14.6. The number of fused-ring (bicyclic) bond motifs is 3. The maximum atomic E-state index is 12.3. The second-order valence-electron chi connectivity index (χ2n) is 7.43. The summed E-state index contributed by atoms with van der Waals surface area (Å²) in [6.45, 7) is 6.92. The molecule has 25 heavy (non-hydrogen) atoms. The summed E-state index contributed by atoms with van der Waals surface area (Å²) in [6, 6.07) is 2.00. The molecule has 0 bridgehead atoms. The van der Waals surface area contributed by atoms with Crippen molar-refractivity contribution in [2.45, 2.75) is 38.7 Å². The van der Waals surface area contributed by atoms with Crippen LogP contribution in [0.1, 0.15) is 38.8 Å². The number of carbonyl (C=O) groups excluding carboxylic acids is 1. The van der Waals surface area contributed by atoms with E-state index in [1.807, 2.05) is 33.0 Å². The molecule has 4 heterocycles. The van der Waals surface area contributed by atoms with Crippen LogP contribution in [0.3, 0.4) is 0 Å². The molecule has 0 aliphatic carbocycles. The lowest BCUT2D eigenvalue weighted by atomic mass is 9.99. The summed E-state index contributed by atoms with van der Waals surface area (Å²) in [7, 11) is 0. The summed E-state index contributed by atoms with van der Waals surface area (Å²) in [6.07, 6.45) is 5.81. The Morgan fingerprint density at radius 1 is 1.32 bits per heavy atom. The third-order valence-corrected chi connectivity index (χ3v) is 4.44. The quantitative estimate of drug-likeness (QED) is 0.736. The summed E-state index contributed by atoms with van der Waals surface area (Å²) in [4.78, 5) is 30.5. The Balaban J connectivity index is 1.67. The molecule has 4 rings (SSSR count). The standard InChI is InChI=1S/C18H21N5O2/c1-18(2,3)25-17(24)23-7-5-11(9-23)15-14-12-4-6-19-16(12)20-8-13(14)21-10-22-15/h4,6,8,10-11H,5,7,9H2,1-3H3,(H,19,20). The van der Waals surface area contributed by atoms with Crippen LogP contribution >= 0.6 is 0 Å². The van der Waals surface area contributed by atoms with Crippen LogP contribution in [0.5, 0.6) is 0 Å². The van der Waals surface area contributed by atoms with Crippen LogP contribution in [0.25, 0.3) is 21.9 Å². The van der Waals surface area contributed by atoms with Gasteiger partial charge < -0.3 is 14.6 Å². The van der Waals surface area contributed by atoms with Gasteiger partial charge in [0.05, 0.1) is 17.4 Å². The highest BCUT2D eigenvalue weighted by Gasteiger charge is 2.32. The molecule has 1 saturated heterocycles. The molecular weight excluding hydrogens is 318 g/mol. The number of H-pyrrole nitrogens is 1. The highest BCUT2D eigenvalue weighted by molar-refractivity contribution is 6.04. The number of nitrogens with one attached hydrogen (secondary N) is 1. The molecule has 1 atom stereocenters. The first-order valence-corrected chi connectivity index (χ1v) is 8.47. The van der Waals surface area contributed by atoms with E-state index in [1.165, 1.54) is 0 Å². The minimum Gasteiger partial charge on any atom is -0.444 e. The molecule has 1 aliphatic heterocycles.